The summed E-state index contributed by atoms with van der Waals surface area (Å²) in [5.41, 5.74) is 1.14. The second-order valence-electron chi connectivity index (χ2n) is 5.61. The Labute approximate surface area is 129 Å². The summed E-state index contributed by atoms with van der Waals surface area (Å²) in [7, 11) is 0. The highest BCUT2D eigenvalue weighted by molar-refractivity contribution is 6.00. The quantitative estimate of drug-likeness (QED) is 0.755. The number of carbonyl (C=O) groups excluding carboxylic acids is 1. The molecule has 0 atom stereocenters. The average Bonchev–Trinajstić information content (AvgIpc) is 2.49. The number of halogens is 2. The van der Waals surface area contributed by atoms with E-state index in [1.54, 1.807) is 24.3 Å². The molecule has 0 saturated heterocycles. The molecule has 0 aromatic heterocycles. The molecule has 0 radical (unpaired) electrons. The van der Waals surface area contributed by atoms with Gasteiger partial charge >= 0.3 is 0 Å². The van der Waals surface area contributed by atoms with Crippen LogP contribution in [0.4, 0.5) is 20.2 Å². The van der Waals surface area contributed by atoms with Crippen molar-refractivity contribution >= 4 is 17.3 Å². The van der Waals surface area contributed by atoms with E-state index >= 15 is 0 Å². The van der Waals surface area contributed by atoms with E-state index < -0.39 is 0 Å². The van der Waals surface area contributed by atoms with Gasteiger partial charge in [0.15, 0.2) is 0 Å². The molecule has 2 aromatic carbocycles. The fraction of sp³-hybridized carbons (Fsp3) is 0.278. The van der Waals surface area contributed by atoms with Crippen molar-refractivity contribution in [3.63, 3.8) is 0 Å². The zero-order chi connectivity index (χ0) is 16.1. The molecule has 4 heteroatoms. The lowest BCUT2D eigenvalue weighted by atomic mass is 10.1. The Balaban J connectivity index is 2.33. The summed E-state index contributed by atoms with van der Waals surface area (Å²) >= 11 is 0. The van der Waals surface area contributed by atoms with Crippen LogP contribution in [-0.2, 0) is 4.79 Å². The van der Waals surface area contributed by atoms with Gasteiger partial charge in [0, 0.05) is 17.8 Å². The zero-order valence-electron chi connectivity index (χ0n) is 12.7. The number of hydrogen-bond donors (Lipinski definition) is 0. The Hall–Kier alpha value is -2.23. The van der Waals surface area contributed by atoms with Crippen LogP contribution in [0.15, 0.2) is 48.5 Å². The molecule has 0 heterocycles. The smallest absolute Gasteiger partial charge is 0.231 e. The highest BCUT2D eigenvalue weighted by atomic mass is 19.1. The van der Waals surface area contributed by atoms with Crippen LogP contribution < -0.4 is 4.90 Å². The second-order valence-corrected chi connectivity index (χ2v) is 5.61. The van der Waals surface area contributed by atoms with Crippen molar-refractivity contribution in [2.45, 2.75) is 26.7 Å². The van der Waals surface area contributed by atoms with Crippen LogP contribution in [0.2, 0.25) is 0 Å². The lowest BCUT2D eigenvalue weighted by Crippen LogP contribution is -2.26. The number of benzene rings is 2. The monoisotopic (exact) mass is 303 g/mol. The van der Waals surface area contributed by atoms with Gasteiger partial charge in [-0.1, -0.05) is 13.8 Å². The molecule has 0 N–H and O–H groups in total. The van der Waals surface area contributed by atoms with E-state index in [0.29, 0.717) is 23.7 Å². The molecule has 2 nitrogen and oxygen atoms in total. The number of carbonyl (C=O) groups is 1. The van der Waals surface area contributed by atoms with Crippen LogP contribution >= 0.6 is 0 Å². The highest BCUT2D eigenvalue weighted by Crippen LogP contribution is 2.27. The molecule has 1 amide bonds. The van der Waals surface area contributed by atoms with Crippen molar-refractivity contribution in [3.8, 4) is 0 Å². The van der Waals surface area contributed by atoms with Gasteiger partial charge in [-0.15, -0.1) is 0 Å². The van der Waals surface area contributed by atoms with Gasteiger partial charge in [-0.2, -0.15) is 0 Å². The maximum absolute atomic E-state index is 13.1. The molecule has 2 rings (SSSR count). The summed E-state index contributed by atoms with van der Waals surface area (Å²) in [6, 6.07) is 11.4. The van der Waals surface area contributed by atoms with Crippen LogP contribution in [0.5, 0.6) is 0 Å². The van der Waals surface area contributed by atoms with E-state index in [1.807, 2.05) is 13.8 Å². The van der Waals surface area contributed by atoms with Gasteiger partial charge in [0.2, 0.25) is 5.91 Å². The molecule has 116 valence electrons. The Bertz CT molecular complexity index is 575. The number of hydrogen-bond acceptors (Lipinski definition) is 1. The molecule has 0 aliphatic heterocycles. The average molecular weight is 303 g/mol. The van der Waals surface area contributed by atoms with Crippen LogP contribution in [0.1, 0.15) is 26.7 Å². The normalized spacial score (nSPS) is 10.8. The molecule has 0 unspecified atom stereocenters. The number of anilines is 2. The minimum atomic E-state index is -0.363. The van der Waals surface area contributed by atoms with Crippen molar-refractivity contribution in [1.29, 1.82) is 0 Å². The van der Waals surface area contributed by atoms with Gasteiger partial charge in [0.1, 0.15) is 11.6 Å². The fourth-order valence-corrected chi connectivity index (χ4v) is 2.14. The Kier molecular flexibility index (Phi) is 5.26. The van der Waals surface area contributed by atoms with E-state index in [-0.39, 0.29) is 17.5 Å². The summed E-state index contributed by atoms with van der Waals surface area (Å²) in [5, 5.41) is 0. The van der Waals surface area contributed by atoms with Crippen molar-refractivity contribution in [1.82, 2.24) is 0 Å². The van der Waals surface area contributed by atoms with E-state index in [4.69, 9.17) is 0 Å². The maximum atomic E-state index is 13.1. The molecule has 0 spiro atoms. The molecule has 0 bridgehead atoms. The minimum Gasteiger partial charge on any atom is -0.281 e. The first-order chi connectivity index (χ1) is 10.5. The number of amides is 1. The molecule has 0 aliphatic carbocycles. The number of nitrogens with zero attached hydrogens (tertiary/aromatic N) is 1. The van der Waals surface area contributed by atoms with Crippen molar-refractivity contribution in [2.75, 3.05) is 4.90 Å². The highest BCUT2D eigenvalue weighted by Gasteiger charge is 2.18. The van der Waals surface area contributed by atoms with Crippen LogP contribution in [0, 0.1) is 17.6 Å². The molecular formula is C18H19F2NO. The first-order valence-electron chi connectivity index (χ1n) is 7.31. The van der Waals surface area contributed by atoms with Gasteiger partial charge < -0.3 is 0 Å². The van der Waals surface area contributed by atoms with E-state index in [0.717, 1.165) is 6.42 Å². The molecule has 0 saturated carbocycles. The minimum absolute atomic E-state index is 0.0908. The largest absolute Gasteiger partial charge is 0.281 e. The summed E-state index contributed by atoms with van der Waals surface area (Å²) in [6.07, 6.45) is 1.14. The van der Waals surface area contributed by atoms with Crippen LogP contribution in [0.25, 0.3) is 0 Å². The SMILES string of the molecule is CC(C)CCC(=O)N(c1ccc(F)cc1)c1ccc(F)cc1. The van der Waals surface area contributed by atoms with Crippen molar-refractivity contribution < 1.29 is 13.6 Å². The van der Waals surface area contributed by atoms with Gasteiger partial charge in [0.05, 0.1) is 0 Å². The first kappa shape index (κ1) is 16.1. The summed E-state index contributed by atoms with van der Waals surface area (Å²) in [4.78, 5) is 14.1. The van der Waals surface area contributed by atoms with E-state index in [1.165, 1.54) is 29.2 Å². The lowest BCUT2D eigenvalue weighted by Gasteiger charge is -2.23. The van der Waals surface area contributed by atoms with Crippen LogP contribution in [0.3, 0.4) is 0 Å². The summed E-state index contributed by atoms with van der Waals surface area (Å²) < 4.78 is 26.2. The Morgan fingerprint density at radius 2 is 1.32 bits per heavy atom. The first-order valence-corrected chi connectivity index (χ1v) is 7.31. The number of rotatable bonds is 5. The third kappa shape index (κ3) is 4.13. The van der Waals surface area contributed by atoms with E-state index in [9.17, 15) is 13.6 Å². The summed E-state index contributed by atoms with van der Waals surface area (Å²) in [6.45, 7) is 4.10. The Morgan fingerprint density at radius 3 is 1.68 bits per heavy atom. The van der Waals surface area contributed by atoms with Gasteiger partial charge in [0.25, 0.3) is 0 Å². The maximum Gasteiger partial charge on any atom is 0.231 e. The standard InChI is InChI=1S/C18H19F2NO/c1-13(2)3-12-18(22)21(16-8-4-14(19)5-9-16)17-10-6-15(20)7-11-17/h4-11,13H,3,12H2,1-2H3. The van der Waals surface area contributed by atoms with Crippen LogP contribution in [-0.4, -0.2) is 5.91 Å². The van der Waals surface area contributed by atoms with Gasteiger partial charge in [-0.05, 0) is 60.9 Å². The van der Waals surface area contributed by atoms with Crippen molar-refractivity contribution in [3.05, 3.63) is 60.2 Å². The Morgan fingerprint density at radius 1 is 0.909 bits per heavy atom. The lowest BCUT2D eigenvalue weighted by molar-refractivity contribution is -0.118. The third-order valence-corrected chi connectivity index (χ3v) is 3.35. The van der Waals surface area contributed by atoms with E-state index in [2.05, 4.69) is 0 Å². The molecular weight excluding hydrogens is 284 g/mol. The predicted molar refractivity (Wildman–Crippen MR) is 84.0 cm³/mol. The molecule has 0 aliphatic rings. The molecule has 0 fully saturated rings. The second kappa shape index (κ2) is 7.16. The third-order valence-electron chi connectivity index (χ3n) is 3.35. The summed E-state index contributed by atoms with van der Waals surface area (Å²) in [5.74, 6) is -0.408. The molecule has 22 heavy (non-hydrogen) atoms. The topological polar surface area (TPSA) is 20.3 Å². The molecule has 2 aromatic rings. The van der Waals surface area contributed by atoms with Crippen molar-refractivity contribution in [2.24, 2.45) is 5.92 Å². The predicted octanol–water partition coefficient (Wildman–Crippen LogP) is 5.07. The fourth-order valence-electron chi connectivity index (χ4n) is 2.14. The van der Waals surface area contributed by atoms with Gasteiger partial charge in [-0.3, -0.25) is 9.69 Å². The zero-order valence-corrected chi connectivity index (χ0v) is 12.7. The van der Waals surface area contributed by atoms with Gasteiger partial charge in [-0.25, -0.2) is 8.78 Å².